The normalized spacial score (nSPS) is 11.4. The highest BCUT2D eigenvalue weighted by molar-refractivity contribution is 6.03. The topological polar surface area (TPSA) is 70.9 Å². The van der Waals surface area contributed by atoms with Gasteiger partial charge in [-0.1, -0.05) is 18.2 Å². The standard InChI is InChI=1S/C18H15N3O2/c1-11-3-2-4-13(7-11)21-18(23)15-9-19-16-6-5-12(10-22)8-14(16)17(15)20-21/h2-9,20,22H,10H2,1H3. The lowest BCUT2D eigenvalue weighted by atomic mass is 10.1. The number of aliphatic hydroxyl groups excluding tert-OH is 1. The maximum Gasteiger partial charge on any atom is 0.280 e. The zero-order valence-corrected chi connectivity index (χ0v) is 12.6. The predicted molar refractivity (Wildman–Crippen MR) is 89.9 cm³/mol. The molecule has 0 bridgehead atoms. The molecule has 4 aromatic rings. The van der Waals surface area contributed by atoms with Crippen molar-refractivity contribution in [1.29, 1.82) is 0 Å². The summed E-state index contributed by atoms with van der Waals surface area (Å²) in [5, 5.41) is 13.9. The molecule has 0 aliphatic heterocycles. The Morgan fingerprint density at radius 2 is 2.04 bits per heavy atom. The molecule has 0 aliphatic carbocycles. The van der Waals surface area contributed by atoms with Crippen LogP contribution in [0.15, 0.2) is 53.5 Å². The number of nitrogens with zero attached hydrogens (tertiary/aromatic N) is 2. The summed E-state index contributed by atoms with van der Waals surface area (Å²) in [5.41, 5.74) is 4.05. The van der Waals surface area contributed by atoms with Crippen LogP contribution in [0, 0.1) is 6.92 Å². The van der Waals surface area contributed by atoms with Crippen LogP contribution < -0.4 is 5.56 Å². The lowest BCUT2D eigenvalue weighted by Crippen LogP contribution is -2.14. The fourth-order valence-corrected chi connectivity index (χ4v) is 2.85. The number of nitrogens with one attached hydrogen (secondary N) is 1. The highest BCUT2D eigenvalue weighted by Gasteiger charge is 2.12. The molecule has 0 unspecified atom stereocenters. The minimum atomic E-state index is -0.130. The van der Waals surface area contributed by atoms with Crippen LogP contribution in [0.25, 0.3) is 27.5 Å². The van der Waals surface area contributed by atoms with Gasteiger partial charge in [0.2, 0.25) is 0 Å². The maximum absolute atomic E-state index is 12.7. The Labute approximate surface area is 131 Å². The highest BCUT2D eigenvalue weighted by Crippen LogP contribution is 2.22. The SMILES string of the molecule is Cc1cccc(-n2[nH]c3c(cnc4ccc(CO)cc43)c2=O)c1. The molecule has 0 amide bonds. The zero-order chi connectivity index (χ0) is 16.0. The second-order valence-electron chi connectivity index (χ2n) is 5.65. The van der Waals surface area contributed by atoms with E-state index in [0.29, 0.717) is 5.39 Å². The van der Waals surface area contributed by atoms with Crippen LogP contribution in [0.4, 0.5) is 0 Å². The van der Waals surface area contributed by atoms with Crippen LogP contribution in [0.5, 0.6) is 0 Å². The van der Waals surface area contributed by atoms with Gasteiger partial charge < -0.3 is 5.11 Å². The van der Waals surface area contributed by atoms with Crippen molar-refractivity contribution < 1.29 is 5.11 Å². The summed E-state index contributed by atoms with van der Waals surface area (Å²) in [6, 6.07) is 13.3. The number of aliphatic hydroxyl groups is 1. The average molecular weight is 305 g/mol. The summed E-state index contributed by atoms with van der Waals surface area (Å²) >= 11 is 0. The molecule has 0 atom stereocenters. The molecule has 2 N–H and O–H groups in total. The van der Waals surface area contributed by atoms with Gasteiger partial charge >= 0.3 is 0 Å². The lowest BCUT2D eigenvalue weighted by Gasteiger charge is -2.03. The minimum Gasteiger partial charge on any atom is -0.392 e. The first kappa shape index (κ1) is 13.7. The van der Waals surface area contributed by atoms with Crippen LogP contribution in [-0.4, -0.2) is 19.9 Å². The molecule has 4 rings (SSSR count). The van der Waals surface area contributed by atoms with Crippen LogP contribution in [0.2, 0.25) is 0 Å². The third-order valence-electron chi connectivity index (χ3n) is 4.03. The molecule has 23 heavy (non-hydrogen) atoms. The molecule has 114 valence electrons. The fraction of sp³-hybridized carbons (Fsp3) is 0.111. The molecule has 0 aliphatic rings. The summed E-state index contributed by atoms with van der Waals surface area (Å²) in [4.78, 5) is 17.0. The minimum absolute atomic E-state index is 0.0465. The quantitative estimate of drug-likeness (QED) is 0.598. The monoisotopic (exact) mass is 305 g/mol. The van der Waals surface area contributed by atoms with Gasteiger partial charge in [0, 0.05) is 11.6 Å². The zero-order valence-electron chi connectivity index (χ0n) is 12.6. The highest BCUT2D eigenvalue weighted by atomic mass is 16.3. The second-order valence-corrected chi connectivity index (χ2v) is 5.65. The van der Waals surface area contributed by atoms with Crippen LogP contribution in [-0.2, 0) is 6.61 Å². The van der Waals surface area contributed by atoms with Gasteiger partial charge in [-0.3, -0.25) is 14.9 Å². The number of rotatable bonds is 2. The molecular formula is C18H15N3O2. The van der Waals surface area contributed by atoms with Crippen molar-refractivity contribution in [3.8, 4) is 5.69 Å². The largest absolute Gasteiger partial charge is 0.392 e. The van der Waals surface area contributed by atoms with E-state index >= 15 is 0 Å². The number of H-pyrrole nitrogens is 1. The number of hydrogen-bond acceptors (Lipinski definition) is 3. The Hall–Kier alpha value is -2.92. The van der Waals surface area contributed by atoms with Gasteiger partial charge in [-0.05, 0) is 42.3 Å². The van der Waals surface area contributed by atoms with Crippen molar-refractivity contribution in [2.24, 2.45) is 0 Å². The molecule has 2 aromatic heterocycles. The van der Waals surface area contributed by atoms with Gasteiger partial charge in [-0.25, -0.2) is 4.68 Å². The molecule has 0 fully saturated rings. The van der Waals surface area contributed by atoms with Gasteiger partial charge in [-0.2, -0.15) is 0 Å². The van der Waals surface area contributed by atoms with E-state index in [-0.39, 0.29) is 12.2 Å². The van der Waals surface area contributed by atoms with Crippen molar-refractivity contribution in [2.75, 3.05) is 0 Å². The Balaban J connectivity index is 2.07. The Bertz CT molecular complexity index is 1090. The molecule has 5 nitrogen and oxygen atoms in total. The Morgan fingerprint density at radius 3 is 2.83 bits per heavy atom. The van der Waals surface area contributed by atoms with E-state index in [2.05, 4.69) is 10.1 Å². The molecule has 5 heteroatoms. The number of aromatic nitrogens is 3. The van der Waals surface area contributed by atoms with Crippen LogP contribution >= 0.6 is 0 Å². The van der Waals surface area contributed by atoms with Gasteiger partial charge in [0.1, 0.15) is 0 Å². The molecule has 0 radical (unpaired) electrons. The lowest BCUT2D eigenvalue weighted by molar-refractivity contribution is 0.282. The van der Waals surface area contributed by atoms with E-state index in [1.165, 1.54) is 4.68 Å². The first-order chi connectivity index (χ1) is 11.2. The van der Waals surface area contributed by atoms with Crippen LogP contribution in [0.1, 0.15) is 11.1 Å². The third kappa shape index (κ3) is 2.13. The molecule has 2 heterocycles. The molecule has 0 saturated heterocycles. The van der Waals surface area contributed by atoms with Crippen molar-refractivity contribution in [1.82, 2.24) is 14.8 Å². The summed E-state index contributed by atoms with van der Waals surface area (Å²) in [6.45, 7) is 1.94. The van der Waals surface area contributed by atoms with Gasteiger partial charge in [-0.15, -0.1) is 0 Å². The number of fused-ring (bicyclic) bond motifs is 3. The van der Waals surface area contributed by atoms with Gasteiger partial charge in [0.15, 0.2) is 0 Å². The van der Waals surface area contributed by atoms with Crippen molar-refractivity contribution in [3.63, 3.8) is 0 Å². The Kier molecular flexibility index (Phi) is 3.02. The van der Waals surface area contributed by atoms with Gasteiger partial charge in [0.25, 0.3) is 5.56 Å². The number of benzene rings is 2. The van der Waals surface area contributed by atoms with Crippen molar-refractivity contribution in [3.05, 3.63) is 70.1 Å². The summed E-state index contributed by atoms with van der Waals surface area (Å²) in [6.07, 6.45) is 1.60. The summed E-state index contributed by atoms with van der Waals surface area (Å²) in [5.74, 6) is 0. The predicted octanol–water partition coefficient (Wildman–Crippen LogP) is 2.67. The number of pyridine rings is 1. The number of aryl methyl sites for hydroxylation is 1. The molecule has 0 saturated carbocycles. The third-order valence-corrected chi connectivity index (χ3v) is 4.03. The van der Waals surface area contributed by atoms with E-state index in [9.17, 15) is 9.90 Å². The number of hydrogen-bond donors (Lipinski definition) is 2. The first-order valence-electron chi connectivity index (χ1n) is 7.37. The number of aromatic amines is 1. The molecular weight excluding hydrogens is 290 g/mol. The van der Waals surface area contributed by atoms with E-state index < -0.39 is 0 Å². The second kappa shape index (κ2) is 5.07. The van der Waals surface area contributed by atoms with E-state index in [1.807, 2.05) is 49.4 Å². The van der Waals surface area contributed by atoms with Gasteiger partial charge in [0.05, 0.1) is 28.7 Å². The molecule has 2 aromatic carbocycles. The van der Waals surface area contributed by atoms with E-state index in [4.69, 9.17) is 0 Å². The van der Waals surface area contributed by atoms with E-state index in [0.717, 1.165) is 33.2 Å². The Morgan fingerprint density at radius 1 is 1.17 bits per heavy atom. The van der Waals surface area contributed by atoms with Crippen molar-refractivity contribution in [2.45, 2.75) is 13.5 Å². The summed E-state index contributed by atoms with van der Waals surface area (Å²) < 4.78 is 1.53. The fourth-order valence-electron chi connectivity index (χ4n) is 2.85. The van der Waals surface area contributed by atoms with Crippen molar-refractivity contribution >= 4 is 21.8 Å². The van der Waals surface area contributed by atoms with E-state index in [1.54, 1.807) is 6.20 Å². The summed E-state index contributed by atoms with van der Waals surface area (Å²) in [7, 11) is 0. The first-order valence-corrected chi connectivity index (χ1v) is 7.37. The smallest absolute Gasteiger partial charge is 0.280 e. The average Bonchev–Trinajstić information content (AvgIpc) is 2.92. The maximum atomic E-state index is 12.7. The van der Waals surface area contributed by atoms with Crippen LogP contribution in [0.3, 0.4) is 0 Å². The molecule has 0 spiro atoms.